The molecule has 0 saturated heterocycles. The minimum Gasteiger partial charge on any atom is -0.399 e. The first-order valence-electron chi connectivity index (χ1n) is 5.75. The molecule has 3 rings (SSSR count). The predicted octanol–water partition coefficient (Wildman–Crippen LogP) is 2.61. The van der Waals surface area contributed by atoms with Gasteiger partial charge in [-0.3, -0.25) is 0 Å². The van der Waals surface area contributed by atoms with Crippen LogP contribution < -0.4 is 5.73 Å². The van der Waals surface area contributed by atoms with E-state index in [1.54, 1.807) is 0 Å². The van der Waals surface area contributed by atoms with E-state index in [0.717, 1.165) is 18.2 Å². The second-order valence-electron chi connectivity index (χ2n) is 4.55. The van der Waals surface area contributed by atoms with Crippen molar-refractivity contribution in [1.82, 2.24) is 4.57 Å². The molecule has 1 saturated carbocycles. The van der Waals surface area contributed by atoms with Gasteiger partial charge in [-0.05, 0) is 43.0 Å². The molecule has 2 aromatic rings. The molecule has 1 fully saturated rings. The van der Waals surface area contributed by atoms with Gasteiger partial charge in [0.1, 0.15) is 6.73 Å². The van der Waals surface area contributed by atoms with Gasteiger partial charge in [-0.1, -0.05) is 0 Å². The Morgan fingerprint density at radius 1 is 1.31 bits per heavy atom. The van der Waals surface area contributed by atoms with Crippen LogP contribution in [0, 0.1) is 5.92 Å². The van der Waals surface area contributed by atoms with E-state index in [-0.39, 0.29) is 0 Å². The Morgan fingerprint density at radius 3 is 3.00 bits per heavy atom. The summed E-state index contributed by atoms with van der Waals surface area (Å²) in [6.07, 6.45) is 4.73. The number of hydrogen-bond donors (Lipinski definition) is 1. The fraction of sp³-hybridized carbons (Fsp3) is 0.385. The number of hydrogen-bond acceptors (Lipinski definition) is 2. The van der Waals surface area contributed by atoms with Crippen LogP contribution in [-0.4, -0.2) is 11.2 Å². The Bertz CT molecular complexity index is 500. The molecule has 0 unspecified atom stereocenters. The minimum absolute atomic E-state index is 0.643. The van der Waals surface area contributed by atoms with E-state index in [9.17, 15) is 0 Å². The molecule has 0 bridgehead atoms. The molecule has 3 heteroatoms. The van der Waals surface area contributed by atoms with Crippen molar-refractivity contribution < 1.29 is 4.74 Å². The molecule has 1 aromatic carbocycles. The SMILES string of the molecule is Nc1ccc2c(ccn2COCC2CC2)c1. The van der Waals surface area contributed by atoms with Crippen molar-refractivity contribution in [2.45, 2.75) is 19.6 Å². The van der Waals surface area contributed by atoms with E-state index in [2.05, 4.69) is 16.8 Å². The molecule has 84 valence electrons. The normalized spacial score (nSPS) is 15.8. The molecule has 1 aliphatic rings. The highest BCUT2D eigenvalue weighted by atomic mass is 16.5. The zero-order valence-corrected chi connectivity index (χ0v) is 9.23. The lowest BCUT2D eigenvalue weighted by Crippen LogP contribution is -2.03. The average molecular weight is 216 g/mol. The monoisotopic (exact) mass is 216 g/mol. The Kier molecular flexibility index (Phi) is 2.33. The lowest BCUT2D eigenvalue weighted by molar-refractivity contribution is 0.0718. The fourth-order valence-corrected chi connectivity index (χ4v) is 1.93. The Balaban J connectivity index is 1.75. The molecule has 0 atom stereocenters. The number of ether oxygens (including phenoxy) is 1. The van der Waals surface area contributed by atoms with E-state index < -0.39 is 0 Å². The smallest absolute Gasteiger partial charge is 0.122 e. The molecule has 3 nitrogen and oxygen atoms in total. The maximum atomic E-state index is 5.74. The summed E-state index contributed by atoms with van der Waals surface area (Å²) in [6.45, 7) is 1.54. The first-order chi connectivity index (χ1) is 7.83. The van der Waals surface area contributed by atoms with E-state index >= 15 is 0 Å². The Labute approximate surface area is 94.8 Å². The predicted molar refractivity (Wildman–Crippen MR) is 65.0 cm³/mol. The third kappa shape index (κ3) is 1.91. The molecule has 0 amide bonds. The first kappa shape index (κ1) is 9.73. The summed E-state index contributed by atoms with van der Waals surface area (Å²) < 4.78 is 7.79. The van der Waals surface area contributed by atoms with Gasteiger partial charge in [0.2, 0.25) is 0 Å². The van der Waals surface area contributed by atoms with Crippen molar-refractivity contribution in [3.05, 3.63) is 30.5 Å². The molecule has 0 aliphatic heterocycles. The maximum absolute atomic E-state index is 5.74. The van der Waals surface area contributed by atoms with E-state index in [4.69, 9.17) is 10.5 Å². The fourth-order valence-electron chi connectivity index (χ4n) is 1.93. The van der Waals surface area contributed by atoms with Crippen molar-refractivity contribution >= 4 is 16.6 Å². The Hall–Kier alpha value is -1.48. The molecular formula is C13H16N2O. The number of benzene rings is 1. The highest BCUT2D eigenvalue weighted by molar-refractivity contribution is 5.83. The van der Waals surface area contributed by atoms with Crippen molar-refractivity contribution in [2.24, 2.45) is 5.92 Å². The topological polar surface area (TPSA) is 40.2 Å². The lowest BCUT2D eigenvalue weighted by Gasteiger charge is -2.06. The van der Waals surface area contributed by atoms with Gasteiger partial charge in [0.05, 0.1) is 12.1 Å². The Morgan fingerprint density at radius 2 is 2.19 bits per heavy atom. The van der Waals surface area contributed by atoms with Gasteiger partial charge >= 0.3 is 0 Å². The second-order valence-corrected chi connectivity index (χ2v) is 4.55. The zero-order valence-electron chi connectivity index (χ0n) is 9.23. The molecule has 2 N–H and O–H groups in total. The van der Waals surface area contributed by atoms with Crippen LogP contribution in [0.3, 0.4) is 0 Å². The minimum atomic E-state index is 0.643. The summed E-state index contributed by atoms with van der Waals surface area (Å²) in [5, 5.41) is 1.18. The van der Waals surface area contributed by atoms with Crippen molar-refractivity contribution in [3.63, 3.8) is 0 Å². The number of anilines is 1. The van der Waals surface area contributed by atoms with Crippen molar-refractivity contribution in [3.8, 4) is 0 Å². The zero-order chi connectivity index (χ0) is 11.0. The van der Waals surface area contributed by atoms with Crippen molar-refractivity contribution in [2.75, 3.05) is 12.3 Å². The quantitative estimate of drug-likeness (QED) is 0.798. The van der Waals surface area contributed by atoms with Crippen LogP contribution in [0.1, 0.15) is 12.8 Å². The molecule has 16 heavy (non-hydrogen) atoms. The number of fused-ring (bicyclic) bond motifs is 1. The van der Waals surface area contributed by atoms with E-state index in [1.807, 2.05) is 18.2 Å². The van der Waals surface area contributed by atoms with Crippen molar-refractivity contribution in [1.29, 1.82) is 0 Å². The molecular weight excluding hydrogens is 200 g/mol. The molecule has 0 radical (unpaired) electrons. The number of nitrogens with zero attached hydrogens (tertiary/aromatic N) is 1. The van der Waals surface area contributed by atoms with Crippen LogP contribution in [0.15, 0.2) is 30.5 Å². The summed E-state index contributed by atoms with van der Waals surface area (Å²) in [5.41, 5.74) is 7.74. The highest BCUT2D eigenvalue weighted by Gasteiger charge is 2.21. The number of nitrogens with two attached hydrogens (primary N) is 1. The van der Waals surface area contributed by atoms with Gasteiger partial charge < -0.3 is 15.0 Å². The number of rotatable bonds is 4. The molecule has 1 heterocycles. The third-order valence-electron chi connectivity index (χ3n) is 3.08. The summed E-state index contributed by atoms with van der Waals surface area (Å²) in [6, 6.07) is 8.05. The first-order valence-corrected chi connectivity index (χ1v) is 5.75. The summed E-state index contributed by atoms with van der Waals surface area (Å²) in [4.78, 5) is 0. The van der Waals surface area contributed by atoms with E-state index in [0.29, 0.717) is 6.73 Å². The third-order valence-corrected chi connectivity index (χ3v) is 3.08. The van der Waals surface area contributed by atoms with Gasteiger partial charge in [0.25, 0.3) is 0 Å². The van der Waals surface area contributed by atoms with Gasteiger partial charge in [-0.25, -0.2) is 0 Å². The number of aromatic nitrogens is 1. The van der Waals surface area contributed by atoms with Gasteiger partial charge in [0, 0.05) is 17.3 Å². The lowest BCUT2D eigenvalue weighted by atomic mass is 10.2. The van der Waals surface area contributed by atoms with Gasteiger partial charge in [-0.2, -0.15) is 0 Å². The van der Waals surface area contributed by atoms with Gasteiger partial charge in [0.15, 0.2) is 0 Å². The number of nitrogen functional groups attached to an aromatic ring is 1. The van der Waals surface area contributed by atoms with Crippen LogP contribution in [0.5, 0.6) is 0 Å². The largest absolute Gasteiger partial charge is 0.399 e. The van der Waals surface area contributed by atoms with Crippen LogP contribution >= 0.6 is 0 Å². The van der Waals surface area contributed by atoms with Gasteiger partial charge in [-0.15, -0.1) is 0 Å². The second kappa shape index (κ2) is 3.83. The molecule has 1 aromatic heterocycles. The van der Waals surface area contributed by atoms with Crippen LogP contribution in [0.4, 0.5) is 5.69 Å². The van der Waals surface area contributed by atoms with E-state index in [1.165, 1.54) is 23.7 Å². The standard InChI is InChI=1S/C13H16N2O/c14-12-3-4-13-11(7-12)5-6-15(13)9-16-8-10-1-2-10/h3-7,10H,1-2,8-9,14H2. The highest BCUT2D eigenvalue weighted by Crippen LogP contribution is 2.29. The molecule has 0 spiro atoms. The van der Waals surface area contributed by atoms with Crippen LogP contribution in [0.2, 0.25) is 0 Å². The van der Waals surface area contributed by atoms with Crippen LogP contribution in [0.25, 0.3) is 10.9 Å². The summed E-state index contributed by atoms with van der Waals surface area (Å²) in [5.74, 6) is 0.817. The summed E-state index contributed by atoms with van der Waals surface area (Å²) >= 11 is 0. The maximum Gasteiger partial charge on any atom is 0.122 e. The summed E-state index contributed by atoms with van der Waals surface area (Å²) in [7, 11) is 0. The van der Waals surface area contributed by atoms with Crippen LogP contribution in [-0.2, 0) is 11.5 Å². The average Bonchev–Trinajstić information content (AvgIpc) is 3.00. The molecule has 1 aliphatic carbocycles.